The van der Waals surface area contributed by atoms with E-state index in [0.717, 1.165) is 34.4 Å². The van der Waals surface area contributed by atoms with E-state index in [4.69, 9.17) is 13.9 Å². The van der Waals surface area contributed by atoms with Crippen LogP contribution >= 0.6 is 0 Å². The SMILES string of the molecule is CCOC(=O)CCNC(=O)c1ccc(C(CC)COc2ccc(-c3nc4ccccc4o3)cc2)cc1. The maximum atomic E-state index is 12.3. The minimum absolute atomic E-state index is 0.155. The summed E-state index contributed by atoms with van der Waals surface area (Å²) in [6.45, 7) is 4.96. The maximum Gasteiger partial charge on any atom is 0.307 e. The van der Waals surface area contributed by atoms with Gasteiger partial charge in [-0.3, -0.25) is 9.59 Å². The summed E-state index contributed by atoms with van der Waals surface area (Å²) >= 11 is 0. The summed E-state index contributed by atoms with van der Waals surface area (Å²) < 4.78 is 16.8. The van der Waals surface area contributed by atoms with Gasteiger partial charge in [-0.15, -0.1) is 0 Å². The molecule has 0 aliphatic carbocycles. The molecule has 0 aliphatic heterocycles. The van der Waals surface area contributed by atoms with Crippen LogP contribution in [0.1, 0.15) is 48.5 Å². The van der Waals surface area contributed by atoms with Crippen LogP contribution in [0.5, 0.6) is 5.75 Å². The number of hydrogen-bond acceptors (Lipinski definition) is 6. The van der Waals surface area contributed by atoms with Crippen molar-refractivity contribution in [3.8, 4) is 17.2 Å². The molecule has 1 amide bonds. The van der Waals surface area contributed by atoms with Gasteiger partial charge in [-0.1, -0.05) is 31.2 Å². The van der Waals surface area contributed by atoms with Crippen molar-refractivity contribution in [1.82, 2.24) is 10.3 Å². The van der Waals surface area contributed by atoms with Crippen LogP contribution in [0.15, 0.2) is 77.2 Å². The van der Waals surface area contributed by atoms with E-state index in [-0.39, 0.29) is 30.8 Å². The standard InChI is InChI=1S/C29H30N2O5/c1-3-20(21-9-11-22(12-10-21)28(33)30-18-17-27(32)34-4-2)19-35-24-15-13-23(14-16-24)29-31-25-7-5-6-8-26(25)36-29/h5-16,20H,3-4,17-19H2,1-2H3,(H,30,33). The van der Waals surface area contributed by atoms with Crippen molar-refractivity contribution in [3.05, 3.63) is 83.9 Å². The molecule has 1 atom stereocenters. The Morgan fingerprint density at radius 1 is 0.972 bits per heavy atom. The fraction of sp³-hybridized carbons (Fsp3) is 0.276. The van der Waals surface area contributed by atoms with Crippen LogP contribution in [0.25, 0.3) is 22.6 Å². The zero-order valence-electron chi connectivity index (χ0n) is 20.5. The zero-order chi connectivity index (χ0) is 25.3. The first-order valence-corrected chi connectivity index (χ1v) is 12.2. The molecule has 0 aliphatic rings. The predicted octanol–water partition coefficient (Wildman–Crippen LogP) is 5.75. The highest BCUT2D eigenvalue weighted by atomic mass is 16.5. The first-order valence-electron chi connectivity index (χ1n) is 12.2. The molecule has 1 heterocycles. The Kier molecular flexibility index (Phi) is 8.34. The summed E-state index contributed by atoms with van der Waals surface area (Å²) in [4.78, 5) is 28.3. The van der Waals surface area contributed by atoms with Gasteiger partial charge in [0.1, 0.15) is 11.3 Å². The van der Waals surface area contributed by atoms with Gasteiger partial charge in [0, 0.05) is 23.6 Å². The lowest BCUT2D eigenvalue weighted by Gasteiger charge is -2.17. The number of para-hydroxylation sites is 2. The Bertz CT molecular complexity index is 1260. The van der Waals surface area contributed by atoms with Crippen LogP contribution in [0.3, 0.4) is 0 Å². The second-order valence-electron chi connectivity index (χ2n) is 8.36. The van der Waals surface area contributed by atoms with Gasteiger partial charge in [-0.25, -0.2) is 4.98 Å². The number of oxazole rings is 1. The van der Waals surface area contributed by atoms with Crippen molar-refractivity contribution in [1.29, 1.82) is 0 Å². The van der Waals surface area contributed by atoms with E-state index in [1.807, 2.05) is 60.7 Å². The molecule has 4 rings (SSSR count). The van der Waals surface area contributed by atoms with Crippen LogP contribution in [0, 0.1) is 0 Å². The molecule has 0 saturated carbocycles. The second-order valence-corrected chi connectivity index (χ2v) is 8.36. The average Bonchev–Trinajstić information content (AvgIpc) is 3.34. The van der Waals surface area contributed by atoms with Crippen LogP contribution in [-0.2, 0) is 9.53 Å². The monoisotopic (exact) mass is 486 g/mol. The Hall–Kier alpha value is -4.13. The average molecular weight is 487 g/mol. The number of nitrogens with one attached hydrogen (secondary N) is 1. The minimum atomic E-state index is -0.320. The quantitative estimate of drug-likeness (QED) is 0.272. The Labute approximate surface area is 210 Å². The van der Waals surface area contributed by atoms with E-state index in [9.17, 15) is 9.59 Å². The molecule has 1 aromatic heterocycles. The molecule has 7 heteroatoms. The van der Waals surface area contributed by atoms with E-state index in [0.29, 0.717) is 24.7 Å². The summed E-state index contributed by atoms with van der Waals surface area (Å²) in [5.41, 5.74) is 4.14. The third kappa shape index (κ3) is 6.30. The van der Waals surface area contributed by atoms with E-state index in [1.165, 1.54) is 0 Å². The predicted molar refractivity (Wildman–Crippen MR) is 138 cm³/mol. The fourth-order valence-electron chi connectivity index (χ4n) is 3.86. The number of aromatic nitrogens is 1. The number of carbonyl (C=O) groups is 2. The van der Waals surface area contributed by atoms with Gasteiger partial charge in [0.05, 0.1) is 19.6 Å². The van der Waals surface area contributed by atoms with E-state index >= 15 is 0 Å². The first kappa shape index (κ1) is 25.0. The molecule has 1 N–H and O–H groups in total. The Morgan fingerprint density at radius 3 is 2.42 bits per heavy atom. The zero-order valence-corrected chi connectivity index (χ0v) is 20.5. The molecule has 1 unspecified atom stereocenters. The lowest BCUT2D eigenvalue weighted by Crippen LogP contribution is -2.26. The topological polar surface area (TPSA) is 90.7 Å². The number of amides is 1. The van der Waals surface area contributed by atoms with Crippen molar-refractivity contribution in [3.63, 3.8) is 0 Å². The number of fused-ring (bicyclic) bond motifs is 1. The van der Waals surface area contributed by atoms with Crippen molar-refractivity contribution < 1.29 is 23.5 Å². The van der Waals surface area contributed by atoms with Gasteiger partial charge in [0.2, 0.25) is 5.89 Å². The molecule has 3 aromatic carbocycles. The van der Waals surface area contributed by atoms with Gasteiger partial charge >= 0.3 is 5.97 Å². The number of ether oxygens (including phenoxy) is 2. The van der Waals surface area contributed by atoms with Crippen molar-refractivity contribution in [2.24, 2.45) is 0 Å². The van der Waals surface area contributed by atoms with Crippen LogP contribution in [-0.4, -0.2) is 36.6 Å². The molecule has 7 nitrogen and oxygen atoms in total. The molecular weight excluding hydrogens is 456 g/mol. The number of carbonyl (C=O) groups excluding carboxylic acids is 2. The number of nitrogens with zero attached hydrogens (tertiary/aromatic N) is 1. The van der Waals surface area contributed by atoms with Crippen LogP contribution in [0.4, 0.5) is 0 Å². The highest BCUT2D eigenvalue weighted by Gasteiger charge is 2.13. The van der Waals surface area contributed by atoms with Crippen LogP contribution in [0.2, 0.25) is 0 Å². The van der Waals surface area contributed by atoms with Gasteiger partial charge in [-0.2, -0.15) is 0 Å². The maximum absolute atomic E-state index is 12.3. The highest BCUT2D eigenvalue weighted by Crippen LogP contribution is 2.27. The lowest BCUT2D eigenvalue weighted by molar-refractivity contribution is -0.142. The molecule has 0 spiro atoms. The van der Waals surface area contributed by atoms with Crippen LogP contribution < -0.4 is 10.1 Å². The summed E-state index contributed by atoms with van der Waals surface area (Å²) in [5.74, 6) is 1.00. The Balaban J connectivity index is 1.31. The van der Waals surface area contributed by atoms with Gasteiger partial charge in [0.15, 0.2) is 5.58 Å². The summed E-state index contributed by atoms with van der Waals surface area (Å²) in [7, 11) is 0. The number of hydrogen-bond donors (Lipinski definition) is 1. The van der Waals surface area contributed by atoms with Gasteiger partial charge in [-0.05, 0) is 67.4 Å². The molecule has 0 radical (unpaired) electrons. The van der Waals surface area contributed by atoms with E-state index in [1.54, 1.807) is 19.1 Å². The molecule has 0 saturated heterocycles. The number of benzene rings is 3. The highest BCUT2D eigenvalue weighted by molar-refractivity contribution is 5.94. The minimum Gasteiger partial charge on any atom is -0.493 e. The lowest BCUT2D eigenvalue weighted by atomic mass is 9.96. The summed E-state index contributed by atoms with van der Waals surface area (Å²) in [5, 5.41) is 2.75. The van der Waals surface area contributed by atoms with E-state index in [2.05, 4.69) is 17.2 Å². The number of esters is 1. The number of rotatable bonds is 11. The second kappa shape index (κ2) is 12.0. The fourth-order valence-corrected chi connectivity index (χ4v) is 3.86. The third-order valence-corrected chi connectivity index (χ3v) is 5.90. The summed E-state index contributed by atoms with van der Waals surface area (Å²) in [6, 6.07) is 22.9. The van der Waals surface area contributed by atoms with Crippen molar-refractivity contribution in [2.75, 3.05) is 19.8 Å². The smallest absolute Gasteiger partial charge is 0.307 e. The molecule has 186 valence electrons. The molecular formula is C29H30N2O5. The molecule has 36 heavy (non-hydrogen) atoms. The van der Waals surface area contributed by atoms with Gasteiger partial charge in [0.25, 0.3) is 5.91 Å². The van der Waals surface area contributed by atoms with Crippen molar-refractivity contribution in [2.45, 2.75) is 32.6 Å². The summed E-state index contributed by atoms with van der Waals surface area (Å²) in [6.07, 6.45) is 1.05. The van der Waals surface area contributed by atoms with Crippen molar-refractivity contribution >= 4 is 23.0 Å². The van der Waals surface area contributed by atoms with Gasteiger partial charge < -0.3 is 19.2 Å². The molecule has 0 bridgehead atoms. The Morgan fingerprint density at radius 2 is 1.72 bits per heavy atom. The normalized spacial score (nSPS) is 11.7. The molecule has 0 fully saturated rings. The largest absolute Gasteiger partial charge is 0.493 e. The molecule has 4 aromatic rings. The van der Waals surface area contributed by atoms with E-state index < -0.39 is 0 Å². The first-order chi connectivity index (χ1) is 17.6. The third-order valence-electron chi connectivity index (χ3n) is 5.90.